The molecule has 1 unspecified atom stereocenters. The van der Waals surface area contributed by atoms with Crippen molar-refractivity contribution in [3.8, 4) is 0 Å². The van der Waals surface area contributed by atoms with Crippen LogP contribution in [0.3, 0.4) is 0 Å². The Morgan fingerprint density at radius 1 is 1.28 bits per heavy atom. The molecule has 1 aromatic carbocycles. The van der Waals surface area contributed by atoms with Crippen molar-refractivity contribution in [3.63, 3.8) is 0 Å². The zero-order valence-electron chi connectivity index (χ0n) is 16.7. The van der Waals surface area contributed by atoms with E-state index in [4.69, 9.17) is 37.4 Å². The van der Waals surface area contributed by atoms with E-state index in [0.29, 0.717) is 15.7 Å². The second-order valence-electron chi connectivity index (χ2n) is 6.40. The number of carbonyl (C=O) groups excluding carboxylic acids is 2. The molecule has 160 valence electrons. The molecule has 10 heteroatoms. The van der Waals surface area contributed by atoms with Gasteiger partial charge in [-0.05, 0) is 39.0 Å². The number of hydrogen-bond donors (Lipinski definition) is 1. The summed E-state index contributed by atoms with van der Waals surface area (Å²) in [4.78, 5) is 24.5. The molecule has 1 fully saturated rings. The monoisotopic (exact) mass is 445 g/mol. The van der Waals surface area contributed by atoms with E-state index in [1.807, 2.05) is 0 Å². The normalized spacial score (nSPS) is 20.6. The molecular weight excluding hydrogens is 421 g/mol. The average Bonchev–Trinajstić information content (AvgIpc) is 3.35. The predicted octanol–water partition coefficient (Wildman–Crippen LogP) is 3.01. The van der Waals surface area contributed by atoms with Gasteiger partial charge in [0.2, 0.25) is 0 Å². The van der Waals surface area contributed by atoms with Gasteiger partial charge in [0.1, 0.15) is 5.71 Å². The van der Waals surface area contributed by atoms with E-state index in [9.17, 15) is 9.59 Å². The minimum Gasteiger partial charge on any atom is -0.464 e. The first-order valence-electron chi connectivity index (χ1n) is 9.29. The second-order valence-corrected chi connectivity index (χ2v) is 7.24. The van der Waals surface area contributed by atoms with Crippen molar-refractivity contribution in [1.82, 2.24) is 5.32 Å². The molecule has 1 aromatic rings. The molecular formula is C19H25Cl2N3O5. The summed E-state index contributed by atoms with van der Waals surface area (Å²) in [6, 6.07) is 4.81. The van der Waals surface area contributed by atoms with Gasteiger partial charge in [0.05, 0.1) is 37.3 Å². The van der Waals surface area contributed by atoms with Crippen LogP contribution in [-0.2, 0) is 23.8 Å². The SMILES string of the molecule is C1COCN1.CCOC(=O)C1=NN(c2ccc(Cl)cc2Cl)C(C)(C(=O)OCC)C1. The van der Waals surface area contributed by atoms with Crippen LogP contribution in [0.2, 0.25) is 10.0 Å². The second kappa shape index (κ2) is 10.8. The van der Waals surface area contributed by atoms with Crippen molar-refractivity contribution in [2.45, 2.75) is 32.7 Å². The van der Waals surface area contributed by atoms with E-state index >= 15 is 0 Å². The molecule has 0 radical (unpaired) electrons. The smallest absolute Gasteiger partial charge is 0.354 e. The summed E-state index contributed by atoms with van der Waals surface area (Å²) in [7, 11) is 0. The Balaban J connectivity index is 0.000000521. The molecule has 3 rings (SSSR count). The third-order valence-electron chi connectivity index (χ3n) is 4.19. The summed E-state index contributed by atoms with van der Waals surface area (Å²) < 4.78 is 15.0. The Morgan fingerprint density at radius 3 is 2.52 bits per heavy atom. The van der Waals surface area contributed by atoms with Gasteiger partial charge < -0.3 is 14.2 Å². The first-order valence-corrected chi connectivity index (χ1v) is 10.0. The number of nitrogens with one attached hydrogen (secondary N) is 1. The molecule has 2 heterocycles. The topological polar surface area (TPSA) is 89.5 Å². The van der Waals surface area contributed by atoms with E-state index in [1.54, 1.807) is 39.0 Å². The van der Waals surface area contributed by atoms with Crippen molar-refractivity contribution < 1.29 is 23.8 Å². The Labute approximate surface area is 180 Å². The number of benzene rings is 1. The molecule has 1 N–H and O–H groups in total. The Hall–Kier alpha value is -1.87. The van der Waals surface area contributed by atoms with Crippen LogP contribution in [0.1, 0.15) is 27.2 Å². The van der Waals surface area contributed by atoms with Crippen molar-refractivity contribution in [1.29, 1.82) is 0 Å². The highest BCUT2D eigenvalue weighted by Crippen LogP contribution is 2.39. The molecule has 1 atom stereocenters. The Bertz CT molecular complexity index is 763. The van der Waals surface area contributed by atoms with Gasteiger partial charge >= 0.3 is 11.9 Å². The maximum absolute atomic E-state index is 12.5. The van der Waals surface area contributed by atoms with Gasteiger partial charge in [0.15, 0.2) is 5.54 Å². The lowest BCUT2D eigenvalue weighted by molar-refractivity contribution is -0.148. The number of nitrogens with zero attached hydrogens (tertiary/aromatic N) is 2. The molecule has 0 aliphatic carbocycles. The van der Waals surface area contributed by atoms with Gasteiger partial charge in [-0.15, -0.1) is 0 Å². The molecule has 29 heavy (non-hydrogen) atoms. The van der Waals surface area contributed by atoms with Crippen LogP contribution in [0.5, 0.6) is 0 Å². The molecule has 0 saturated carbocycles. The third-order valence-corrected chi connectivity index (χ3v) is 4.73. The van der Waals surface area contributed by atoms with Gasteiger partial charge in [-0.2, -0.15) is 5.10 Å². The summed E-state index contributed by atoms with van der Waals surface area (Å²) in [5, 5.41) is 9.44. The number of rotatable bonds is 5. The molecule has 2 aliphatic heterocycles. The van der Waals surface area contributed by atoms with E-state index in [1.165, 1.54) is 5.01 Å². The lowest BCUT2D eigenvalue weighted by Crippen LogP contribution is -2.48. The van der Waals surface area contributed by atoms with E-state index in [0.717, 1.165) is 19.9 Å². The van der Waals surface area contributed by atoms with Crippen LogP contribution in [0.15, 0.2) is 23.3 Å². The van der Waals surface area contributed by atoms with Crippen molar-refractivity contribution in [3.05, 3.63) is 28.2 Å². The summed E-state index contributed by atoms with van der Waals surface area (Å²) in [6.45, 7) is 8.15. The number of esters is 2. The van der Waals surface area contributed by atoms with E-state index in [2.05, 4.69) is 10.4 Å². The van der Waals surface area contributed by atoms with Crippen LogP contribution < -0.4 is 10.3 Å². The summed E-state index contributed by atoms with van der Waals surface area (Å²) in [5.41, 5.74) is -0.607. The lowest BCUT2D eigenvalue weighted by Gasteiger charge is -2.32. The van der Waals surface area contributed by atoms with Crippen molar-refractivity contribution >= 4 is 46.5 Å². The number of carbonyl (C=O) groups is 2. The number of hydrogen-bond acceptors (Lipinski definition) is 8. The summed E-state index contributed by atoms with van der Waals surface area (Å²) in [6.07, 6.45) is 0.0591. The molecule has 0 amide bonds. The molecule has 0 aromatic heterocycles. The summed E-state index contributed by atoms with van der Waals surface area (Å²) in [5.74, 6) is -1.07. The minimum atomic E-state index is -1.20. The molecule has 2 aliphatic rings. The third kappa shape index (κ3) is 5.82. The van der Waals surface area contributed by atoms with Crippen LogP contribution in [0, 0.1) is 0 Å². The fourth-order valence-electron chi connectivity index (χ4n) is 2.77. The van der Waals surface area contributed by atoms with Crippen LogP contribution in [-0.4, -0.2) is 56.3 Å². The average molecular weight is 446 g/mol. The van der Waals surface area contributed by atoms with Crippen LogP contribution >= 0.6 is 23.2 Å². The van der Waals surface area contributed by atoms with E-state index in [-0.39, 0.29) is 25.3 Å². The molecule has 0 spiro atoms. The number of ether oxygens (including phenoxy) is 3. The largest absolute Gasteiger partial charge is 0.464 e. The first-order chi connectivity index (χ1) is 13.8. The highest BCUT2D eigenvalue weighted by Gasteiger charge is 2.49. The maximum Gasteiger partial charge on any atom is 0.354 e. The van der Waals surface area contributed by atoms with Crippen LogP contribution in [0.4, 0.5) is 5.69 Å². The Morgan fingerprint density at radius 2 is 2.00 bits per heavy atom. The van der Waals surface area contributed by atoms with Crippen LogP contribution in [0.25, 0.3) is 0 Å². The quantitative estimate of drug-likeness (QED) is 0.696. The highest BCUT2D eigenvalue weighted by molar-refractivity contribution is 6.39. The standard InChI is InChI=1S/C16H18Cl2N2O4.C3H7NO/c1-4-23-14(21)12-9-16(3,15(22)24-5-2)20(19-12)13-7-6-10(17)8-11(13)18;1-2-5-3-4-1/h6-8H,4-5,9H2,1-3H3;4H,1-3H2. The zero-order chi connectivity index (χ0) is 21.4. The predicted molar refractivity (Wildman–Crippen MR) is 111 cm³/mol. The highest BCUT2D eigenvalue weighted by atomic mass is 35.5. The van der Waals surface area contributed by atoms with E-state index < -0.39 is 17.5 Å². The number of anilines is 1. The Kier molecular flexibility index (Phi) is 8.70. The number of hydrazone groups is 1. The summed E-state index contributed by atoms with van der Waals surface area (Å²) >= 11 is 12.2. The van der Waals surface area contributed by atoms with Gasteiger partial charge in [0.25, 0.3) is 0 Å². The maximum atomic E-state index is 12.5. The molecule has 8 nitrogen and oxygen atoms in total. The number of halogens is 2. The lowest BCUT2D eigenvalue weighted by atomic mass is 9.95. The molecule has 0 bridgehead atoms. The van der Waals surface area contributed by atoms with Crippen molar-refractivity contribution in [2.75, 3.05) is 38.1 Å². The minimum absolute atomic E-state index is 0.0591. The first kappa shape index (κ1) is 23.4. The molecule has 1 saturated heterocycles. The van der Waals surface area contributed by atoms with Gasteiger partial charge in [-0.25, -0.2) is 14.6 Å². The fraction of sp³-hybridized carbons (Fsp3) is 0.526. The van der Waals surface area contributed by atoms with Crippen molar-refractivity contribution in [2.24, 2.45) is 5.10 Å². The zero-order valence-corrected chi connectivity index (χ0v) is 18.2. The van der Waals surface area contributed by atoms with Gasteiger partial charge in [-0.1, -0.05) is 23.2 Å². The van der Waals surface area contributed by atoms with Gasteiger partial charge in [0, 0.05) is 18.0 Å². The van der Waals surface area contributed by atoms with Gasteiger partial charge in [-0.3, -0.25) is 5.32 Å². The fourth-order valence-corrected chi connectivity index (χ4v) is 3.26.